The predicted molar refractivity (Wildman–Crippen MR) is 171 cm³/mol. The molecule has 42 heavy (non-hydrogen) atoms. The number of hydrogen-bond acceptors (Lipinski definition) is 4. The molecule has 0 radical (unpaired) electrons. The largest absolute Gasteiger partial charge is 1.00 e. The Bertz CT molecular complexity index is 1180. The van der Waals surface area contributed by atoms with Gasteiger partial charge in [-0.3, -0.25) is 4.79 Å². The van der Waals surface area contributed by atoms with Gasteiger partial charge in [0.15, 0.2) is 12.7 Å². The zero-order valence-electron chi connectivity index (χ0n) is 26.2. The number of methoxy groups -OCH3 is 1. The summed E-state index contributed by atoms with van der Waals surface area (Å²) in [6, 6.07) is 14.2. The van der Waals surface area contributed by atoms with E-state index in [4.69, 9.17) is 9.47 Å². The molecular formula is C35H51BrN2O3S. The maximum absolute atomic E-state index is 12.7. The lowest BCUT2D eigenvalue weighted by molar-refractivity contribution is -0.683. The molecular weight excluding hydrogens is 608 g/mol. The summed E-state index contributed by atoms with van der Waals surface area (Å²) in [6.07, 6.45) is 18.1. The summed E-state index contributed by atoms with van der Waals surface area (Å²) in [6.45, 7) is 7.93. The first-order chi connectivity index (χ1) is 20.0. The van der Waals surface area contributed by atoms with Crippen molar-refractivity contribution < 1.29 is 35.8 Å². The van der Waals surface area contributed by atoms with Crippen molar-refractivity contribution in [2.75, 3.05) is 18.6 Å². The van der Waals surface area contributed by atoms with Crippen molar-refractivity contribution in [3.63, 3.8) is 0 Å². The molecule has 1 heterocycles. The number of amides is 1. The number of rotatable bonds is 20. The molecule has 0 bridgehead atoms. The molecule has 0 saturated heterocycles. The van der Waals surface area contributed by atoms with Crippen molar-refractivity contribution in [2.45, 2.75) is 111 Å². The summed E-state index contributed by atoms with van der Waals surface area (Å²) < 4.78 is 13.9. The minimum atomic E-state index is 0. The van der Waals surface area contributed by atoms with Crippen LogP contribution in [0.1, 0.15) is 107 Å². The lowest BCUT2D eigenvalue weighted by Gasteiger charge is -2.22. The zero-order chi connectivity index (χ0) is 29.3. The predicted octanol–water partition coefficient (Wildman–Crippen LogP) is 6.04. The van der Waals surface area contributed by atoms with Crippen LogP contribution in [0.25, 0.3) is 0 Å². The molecule has 2 aromatic carbocycles. The normalized spacial score (nSPS) is 10.8. The van der Waals surface area contributed by atoms with Crippen LogP contribution in [-0.4, -0.2) is 19.6 Å². The lowest BCUT2D eigenvalue weighted by Crippen LogP contribution is -3.00. The van der Waals surface area contributed by atoms with Gasteiger partial charge >= 0.3 is 0 Å². The highest BCUT2D eigenvalue weighted by Gasteiger charge is 2.16. The third-order valence-corrected chi connectivity index (χ3v) is 8.33. The van der Waals surface area contributed by atoms with Crippen LogP contribution < -0.4 is 35.9 Å². The number of carbonyl (C=O) groups excluding carboxylic acids is 1. The average Bonchev–Trinajstić information content (AvgIpc) is 3.38. The molecule has 0 spiro atoms. The second-order valence-electron chi connectivity index (χ2n) is 11.2. The highest BCUT2D eigenvalue weighted by Crippen LogP contribution is 2.26. The number of nitrogens with zero attached hydrogens (tertiary/aromatic N) is 2. The molecule has 3 aromatic rings. The number of anilines is 1. The van der Waals surface area contributed by atoms with Crippen molar-refractivity contribution in [2.24, 2.45) is 0 Å². The molecule has 5 nitrogen and oxygen atoms in total. The highest BCUT2D eigenvalue weighted by molar-refractivity contribution is 7.09. The summed E-state index contributed by atoms with van der Waals surface area (Å²) in [7, 11) is 1.67. The van der Waals surface area contributed by atoms with E-state index in [0.29, 0.717) is 13.2 Å². The van der Waals surface area contributed by atoms with Crippen LogP contribution >= 0.6 is 11.3 Å². The first kappa shape index (κ1) is 35.8. The summed E-state index contributed by atoms with van der Waals surface area (Å²) in [4.78, 5) is 15.8. The first-order valence-electron chi connectivity index (χ1n) is 15.6. The lowest BCUT2D eigenvalue weighted by atomic mass is 10.1. The Hall–Kier alpha value is -2.38. The quantitative estimate of drug-likeness (QED) is 0.110. The summed E-state index contributed by atoms with van der Waals surface area (Å²) in [5, 5.41) is 0. The number of thiazole rings is 1. The van der Waals surface area contributed by atoms with Crippen LogP contribution in [0.15, 0.2) is 54.2 Å². The first-order valence-corrected chi connectivity index (χ1v) is 16.5. The van der Waals surface area contributed by atoms with E-state index in [0.717, 1.165) is 41.3 Å². The van der Waals surface area contributed by atoms with E-state index in [2.05, 4.69) is 42.3 Å². The van der Waals surface area contributed by atoms with Gasteiger partial charge in [0.2, 0.25) is 11.4 Å². The average molecular weight is 660 g/mol. The molecule has 0 unspecified atom stereocenters. The molecule has 1 amide bonds. The molecule has 1 aromatic heterocycles. The van der Waals surface area contributed by atoms with Gasteiger partial charge in [-0.25, -0.2) is 0 Å². The fourth-order valence-electron chi connectivity index (χ4n) is 5.18. The monoisotopic (exact) mass is 658 g/mol. The Labute approximate surface area is 269 Å². The van der Waals surface area contributed by atoms with Gasteiger partial charge in [-0.05, 0) is 43.2 Å². The SMILES string of the molecule is CCCCCCCCCCCCCCOc1cc(CN(C(C)=O)c2cccc(C[n+]3csc(C)c3)c2)cc(OC)c1.[Br-]. The van der Waals surface area contributed by atoms with Crippen molar-refractivity contribution in [1.82, 2.24) is 0 Å². The van der Waals surface area contributed by atoms with Crippen LogP contribution in [0, 0.1) is 6.92 Å². The van der Waals surface area contributed by atoms with Crippen LogP contribution in [0.2, 0.25) is 0 Å². The Morgan fingerprint density at radius 3 is 2.10 bits per heavy atom. The maximum atomic E-state index is 12.7. The van der Waals surface area contributed by atoms with E-state index in [1.54, 1.807) is 25.4 Å². The van der Waals surface area contributed by atoms with Gasteiger partial charge in [-0.15, -0.1) is 0 Å². The molecule has 0 N–H and O–H groups in total. The number of aromatic nitrogens is 1. The molecule has 0 aliphatic heterocycles. The Balaban J connectivity index is 0.00000616. The second kappa shape index (κ2) is 20.5. The van der Waals surface area contributed by atoms with Crippen molar-refractivity contribution in [3.8, 4) is 11.5 Å². The van der Waals surface area contributed by atoms with Crippen LogP contribution in [0.5, 0.6) is 11.5 Å². The second-order valence-corrected chi connectivity index (χ2v) is 12.3. The van der Waals surface area contributed by atoms with Gasteiger partial charge in [-0.1, -0.05) is 101 Å². The number of unbranched alkanes of at least 4 members (excludes halogenated alkanes) is 11. The van der Waals surface area contributed by atoms with Gasteiger partial charge in [0.1, 0.15) is 11.5 Å². The third kappa shape index (κ3) is 13.3. The number of hydrogen-bond donors (Lipinski definition) is 0. The van der Waals surface area contributed by atoms with Crippen molar-refractivity contribution >= 4 is 22.9 Å². The number of benzene rings is 2. The standard InChI is InChI=1S/C35H51N2O3S.BrH/c1-5-6-7-8-9-10-11-12-13-14-15-16-20-40-35-23-32(22-34(24-35)39-4)27-37(30(3)38)33-19-17-18-31(21-33)26-36-25-29(2)41-28-36;/h17-19,21-25,28H,5-16,20,26-27H2,1-4H3;1H/q+1;/p-1. The zero-order valence-corrected chi connectivity index (χ0v) is 28.6. The topological polar surface area (TPSA) is 42.7 Å². The van der Waals surface area contributed by atoms with Gasteiger partial charge < -0.3 is 31.4 Å². The van der Waals surface area contributed by atoms with Crippen molar-refractivity contribution in [1.29, 1.82) is 0 Å². The molecule has 232 valence electrons. The van der Waals surface area contributed by atoms with Gasteiger partial charge in [0.25, 0.3) is 0 Å². The van der Waals surface area contributed by atoms with E-state index in [1.165, 1.54) is 75.5 Å². The van der Waals surface area contributed by atoms with E-state index in [9.17, 15) is 4.79 Å². The molecule has 0 saturated carbocycles. The smallest absolute Gasteiger partial charge is 0.225 e. The number of ether oxygens (including phenoxy) is 2. The molecule has 0 fully saturated rings. The molecule has 0 aliphatic rings. The van der Waals surface area contributed by atoms with E-state index >= 15 is 0 Å². The summed E-state index contributed by atoms with van der Waals surface area (Å²) in [5.41, 5.74) is 5.16. The van der Waals surface area contributed by atoms with Gasteiger partial charge in [0.05, 0.1) is 25.1 Å². The molecule has 7 heteroatoms. The van der Waals surface area contributed by atoms with Crippen LogP contribution in [0.3, 0.4) is 0 Å². The Morgan fingerprint density at radius 2 is 1.50 bits per heavy atom. The molecule has 0 atom stereocenters. The van der Waals surface area contributed by atoms with E-state index in [-0.39, 0.29) is 22.9 Å². The van der Waals surface area contributed by atoms with E-state index < -0.39 is 0 Å². The Morgan fingerprint density at radius 1 is 0.857 bits per heavy atom. The minimum absolute atomic E-state index is 0. The summed E-state index contributed by atoms with van der Waals surface area (Å²) in [5.74, 6) is 1.54. The summed E-state index contributed by atoms with van der Waals surface area (Å²) >= 11 is 1.74. The number of aryl methyl sites for hydroxylation is 1. The van der Waals surface area contributed by atoms with E-state index in [1.807, 2.05) is 35.2 Å². The van der Waals surface area contributed by atoms with Crippen LogP contribution in [-0.2, 0) is 17.9 Å². The fourth-order valence-corrected chi connectivity index (χ4v) is 5.82. The van der Waals surface area contributed by atoms with Gasteiger partial charge in [0, 0.05) is 24.2 Å². The van der Waals surface area contributed by atoms with Gasteiger partial charge in [-0.2, -0.15) is 4.57 Å². The fraction of sp³-hybridized carbons (Fsp3) is 0.543. The minimum Gasteiger partial charge on any atom is -1.00 e. The molecule has 0 aliphatic carbocycles. The maximum Gasteiger partial charge on any atom is 0.225 e. The Kier molecular flexibility index (Phi) is 17.5. The van der Waals surface area contributed by atoms with Crippen molar-refractivity contribution in [3.05, 3.63) is 70.2 Å². The third-order valence-electron chi connectivity index (χ3n) is 7.47. The van der Waals surface area contributed by atoms with Crippen LogP contribution in [0.4, 0.5) is 5.69 Å². The highest BCUT2D eigenvalue weighted by atomic mass is 79.9. The number of halogens is 1. The number of carbonyl (C=O) groups is 1. The molecule has 3 rings (SSSR count).